The minimum atomic E-state index is -4.74. The van der Waals surface area contributed by atoms with Crippen LogP contribution in [0.3, 0.4) is 0 Å². The smallest absolute Gasteiger partial charge is 0.339 e. The first-order valence-electron chi connectivity index (χ1n) is 12.3. The standard InChI is InChI=1S/C28H24F3N5O3/c1-17-23(6-3-13-32-17)25(37)33-22-9-7-18(8-10-22)19-11-14-36(15-12-19)26(38)21-5-2-4-20(16-21)24-34-27(39-35-24)28(29,30)31/h2-10,13,16,19H,11-12,14-15H2,1H3,(H,33,37). The Labute approximate surface area is 221 Å². The minimum absolute atomic E-state index is 0.210. The first-order valence-corrected chi connectivity index (χ1v) is 12.3. The summed E-state index contributed by atoms with van der Waals surface area (Å²) in [4.78, 5) is 34.9. The molecule has 0 unspecified atom stereocenters. The largest absolute Gasteiger partial charge is 0.471 e. The third-order valence-electron chi connectivity index (χ3n) is 6.71. The second kappa shape index (κ2) is 10.7. The van der Waals surface area contributed by atoms with E-state index >= 15 is 0 Å². The van der Waals surface area contributed by atoms with Crippen LogP contribution in [0.5, 0.6) is 0 Å². The molecule has 3 heterocycles. The van der Waals surface area contributed by atoms with E-state index in [-0.39, 0.29) is 29.1 Å². The van der Waals surface area contributed by atoms with Gasteiger partial charge in [-0.05, 0) is 67.6 Å². The van der Waals surface area contributed by atoms with E-state index in [1.807, 2.05) is 24.3 Å². The van der Waals surface area contributed by atoms with Crippen molar-refractivity contribution < 1.29 is 27.3 Å². The molecular weight excluding hydrogens is 511 g/mol. The zero-order valence-corrected chi connectivity index (χ0v) is 20.9. The van der Waals surface area contributed by atoms with Crippen molar-refractivity contribution in [1.82, 2.24) is 20.0 Å². The normalized spacial score (nSPS) is 14.3. The second-order valence-electron chi connectivity index (χ2n) is 9.28. The summed E-state index contributed by atoms with van der Waals surface area (Å²) in [5.74, 6) is -1.84. The molecule has 1 fully saturated rings. The van der Waals surface area contributed by atoms with Crippen LogP contribution in [0.4, 0.5) is 18.9 Å². The molecule has 2 aromatic carbocycles. The first-order chi connectivity index (χ1) is 18.7. The van der Waals surface area contributed by atoms with Gasteiger partial charge >= 0.3 is 12.1 Å². The molecule has 5 rings (SSSR count). The van der Waals surface area contributed by atoms with Gasteiger partial charge < -0.3 is 14.7 Å². The number of halogens is 3. The fraction of sp³-hybridized carbons (Fsp3) is 0.250. The number of benzene rings is 2. The van der Waals surface area contributed by atoms with Crippen molar-refractivity contribution in [3.8, 4) is 11.4 Å². The highest BCUT2D eigenvalue weighted by Crippen LogP contribution is 2.31. The van der Waals surface area contributed by atoms with Crippen molar-refractivity contribution >= 4 is 17.5 Å². The lowest BCUT2D eigenvalue weighted by atomic mass is 9.89. The second-order valence-corrected chi connectivity index (χ2v) is 9.28. The number of hydrogen-bond acceptors (Lipinski definition) is 6. The molecule has 200 valence electrons. The number of amides is 2. The molecule has 0 aliphatic carbocycles. The number of anilines is 1. The lowest BCUT2D eigenvalue weighted by molar-refractivity contribution is -0.159. The monoisotopic (exact) mass is 535 g/mol. The Bertz CT molecular complexity index is 1490. The van der Waals surface area contributed by atoms with Crippen LogP contribution < -0.4 is 5.32 Å². The number of aromatic nitrogens is 3. The molecule has 1 aliphatic rings. The number of pyridine rings is 1. The van der Waals surface area contributed by atoms with Crippen LogP contribution in [-0.4, -0.2) is 44.9 Å². The maximum Gasteiger partial charge on any atom is 0.471 e. The van der Waals surface area contributed by atoms with Crippen molar-refractivity contribution in [2.75, 3.05) is 18.4 Å². The molecular formula is C28H24F3N5O3. The molecule has 0 spiro atoms. The van der Waals surface area contributed by atoms with E-state index in [9.17, 15) is 22.8 Å². The van der Waals surface area contributed by atoms with Crippen LogP contribution in [0, 0.1) is 6.92 Å². The highest BCUT2D eigenvalue weighted by molar-refractivity contribution is 6.04. The van der Waals surface area contributed by atoms with Crippen LogP contribution in [0.15, 0.2) is 71.4 Å². The fourth-order valence-corrected chi connectivity index (χ4v) is 4.61. The average Bonchev–Trinajstić information content (AvgIpc) is 3.45. The summed E-state index contributed by atoms with van der Waals surface area (Å²) in [5.41, 5.74) is 3.59. The summed E-state index contributed by atoms with van der Waals surface area (Å²) in [6.45, 7) is 2.85. The first kappa shape index (κ1) is 26.1. The summed E-state index contributed by atoms with van der Waals surface area (Å²) in [7, 11) is 0. The molecule has 1 aliphatic heterocycles. The minimum Gasteiger partial charge on any atom is -0.339 e. The number of hydrogen-bond donors (Lipinski definition) is 1. The third-order valence-corrected chi connectivity index (χ3v) is 6.71. The zero-order valence-electron chi connectivity index (χ0n) is 20.9. The van der Waals surface area contributed by atoms with Crippen LogP contribution in [0.2, 0.25) is 0 Å². The van der Waals surface area contributed by atoms with E-state index < -0.39 is 12.1 Å². The summed E-state index contributed by atoms with van der Waals surface area (Å²) < 4.78 is 42.7. The van der Waals surface area contributed by atoms with Gasteiger partial charge in [-0.2, -0.15) is 18.2 Å². The Morgan fingerprint density at radius 2 is 1.77 bits per heavy atom. The predicted octanol–water partition coefficient (Wildman–Crippen LogP) is 5.73. The molecule has 11 heteroatoms. The van der Waals surface area contributed by atoms with Gasteiger partial charge in [0, 0.05) is 41.8 Å². The van der Waals surface area contributed by atoms with Gasteiger partial charge in [0.25, 0.3) is 11.8 Å². The van der Waals surface area contributed by atoms with Gasteiger partial charge in [0.1, 0.15) is 0 Å². The third kappa shape index (κ3) is 5.82. The van der Waals surface area contributed by atoms with E-state index in [0.717, 1.165) is 18.4 Å². The number of likely N-dealkylation sites (tertiary alicyclic amines) is 1. The van der Waals surface area contributed by atoms with Gasteiger partial charge in [0.2, 0.25) is 5.82 Å². The number of nitrogens with zero attached hydrogens (tertiary/aromatic N) is 4. The topological polar surface area (TPSA) is 101 Å². The number of aryl methyl sites for hydroxylation is 1. The highest BCUT2D eigenvalue weighted by Gasteiger charge is 2.38. The molecule has 0 radical (unpaired) electrons. The van der Waals surface area contributed by atoms with E-state index in [1.165, 1.54) is 12.1 Å². The number of alkyl halides is 3. The fourth-order valence-electron chi connectivity index (χ4n) is 4.61. The zero-order chi connectivity index (χ0) is 27.6. The van der Waals surface area contributed by atoms with E-state index in [4.69, 9.17) is 0 Å². The number of piperidine rings is 1. The Kier molecular flexibility index (Phi) is 7.14. The number of rotatable bonds is 5. The summed E-state index contributed by atoms with van der Waals surface area (Å²) in [6, 6.07) is 17.3. The number of nitrogens with one attached hydrogen (secondary N) is 1. The molecule has 2 amide bonds. The van der Waals surface area contributed by atoms with Crippen molar-refractivity contribution in [1.29, 1.82) is 0 Å². The number of carbonyl (C=O) groups is 2. The van der Waals surface area contributed by atoms with Crippen molar-refractivity contribution in [2.24, 2.45) is 0 Å². The van der Waals surface area contributed by atoms with Crippen molar-refractivity contribution in [2.45, 2.75) is 31.9 Å². The van der Waals surface area contributed by atoms with Gasteiger partial charge in [0.05, 0.1) is 5.56 Å². The Morgan fingerprint density at radius 1 is 1.03 bits per heavy atom. The molecule has 2 aromatic heterocycles. The van der Waals surface area contributed by atoms with Gasteiger partial charge in [-0.3, -0.25) is 14.6 Å². The Hall–Kier alpha value is -4.54. The molecule has 39 heavy (non-hydrogen) atoms. The van der Waals surface area contributed by atoms with Crippen LogP contribution >= 0.6 is 0 Å². The maximum atomic E-state index is 13.1. The predicted molar refractivity (Wildman–Crippen MR) is 136 cm³/mol. The van der Waals surface area contributed by atoms with E-state index in [1.54, 1.807) is 42.3 Å². The SMILES string of the molecule is Cc1ncccc1C(=O)Nc1ccc(C2CCN(C(=O)c3cccc(-c4noc(C(F)(F)F)n4)c3)CC2)cc1. The molecule has 1 saturated heterocycles. The molecule has 4 aromatic rings. The molecule has 8 nitrogen and oxygen atoms in total. The van der Waals surface area contributed by atoms with Crippen molar-refractivity contribution in [3.63, 3.8) is 0 Å². The highest BCUT2D eigenvalue weighted by atomic mass is 19.4. The summed E-state index contributed by atoms with van der Waals surface area (Å²) in [6.07, 6.45) is -1.59. The van der Waals surface area contributed by atoms with Crippen LogP contribution in [0.25, 0.3) is 11.4 Å². The molecule has 0 bridgehead atoms. The number of carbonyl (C=O) groups excluding carboxylic acids is 2. The average molecular weight is 536 g/mol. The Morgan fingerprint density at radius 3 is 2.44 bits per heavy atom. The quantitative estimate of drug-likeness (QED) is 0.350. The van der Waals surface area contributed by atoms with Crippen LogP contribution in [0.1, 0.15) is 56.6 Å². The van der Waals surface area contributed by atoms with Gasteiger partial charge in [-0.25, -0.2) is 0 Å². The van der Waals surface area contributed by atoms with E-state index in [2.05, 4.69) is 25.0 Å². The van der Waals surface area contributed by atoms with Crippen LogP contribution in [-0.2, 0) is 6.18 Å². The molecule has 0 saturated carbocycles. The van der Waals surface area contributed by atoms with E-state index in [0.29, 0.717) is 35.6 Å². The van der Waals surface area contributed by atoms with Gasteiger partial charge in [-0.15, -0.1) is 0 Å². The lowest BCUT2D eigenvalue weighted by Gasteiger charge is -2.32. The van der Waals surface area contributed by atoms with Gasteiger partial charge in [-0.1, -0.05) is 29.4 Å². The molecule has 0 atom stereocenters. The van der Waals surface area contributed by atoms with Crippen molar-refractivity contribution in [3.05, 3.63) is 95.1 Å². The molecule has 1 N–H and O–H groups in total. The van der Waals surface area contributed by atoms with Gasteiger partial charge in [0.15, 0.2) is 0 Å². The Balaban J connectivity index is 1.19. The lowest BCUT2D eigenvalue weighted by Crippen LogP contribution is -2.37. The summed E-state index contributed by atoms with van der Waals surface area (Å²) >= 11 is 0. The summed E-state index contributed by atoms with van der Waals surface area (Å²) in [5, 5.41) is 6.29. The maximum absolute atomic E-state index is 13.1.